The molecule has 0 saturated heterocycles. The first kappa shape index (κ1) is 16.6. The smallest absolute Gasteiger partial charge is 0.236 e. The second-order valence-corrected chi connectivity index (χ2v) is 6.56. The van der Waals surface area contributed by atoms with E-state index in [1.165, 1.54) is 0 Å². The molecule has 1 heterocycles. The average Bonchev–Trinajstić information content (AvgIpc) is 2.88. The molecule has 1 unspecified atom stereocenters. The van der Waals surface area contributed by atoms with Crippen molar-refractivity contribution in [2.24, 2.45) is 0 Å². The molecule has 0 spiro atoms. The van der Waals surface area contributed by atoms with Crippen molar-refractivity contribution in [1.82, 2.24) is 15.5 Å². The van der Waals surface area contributed by atoms with Gasteiger partial charge in [-0.15, -0.1) is 11.8 Å². The van der Waals surface area contributed by atoms with Crippen molar-refractivity contribution in [3.8, 4) is 0 Å². The highest BCUT2D eigenvalue weighted by atomic mass is 35.5. The molecule has 2 aromatic rings. The van der Waals surface area contributed by atoms with Crippen LogP contribution in [-0.2, 0) is 17.9 Å². The lowest BCUT2D eigenvalue weighted by molar-refractivity contribution is 0.382. The largest absolute Gasteiger partial charge is 0.338 e. The molecule has 1 N–H and O–H groups in total. The molecule has 114 valence electrons. The van der Waals surface area contributed by atoms with Crippen LogP contribution >= 0.6 is 35.0 Å². The van der Waals surface area contributed by atoms with E-state index in [-0.39, 0.29) is 0 Å². The van der Waals surface area contributed by atoms with E-state index in [1.807, 2.05) is 19.2 Å². The molecule has 2 rings (SSSR count). The Bertz CT molecular complexity index is 591. The summed E-state index contributed by atoms with van der Waals surface area (Å²) in [7, 11) is 1.91. The highest BCUT2D eigenvalue weighted by Gasteiger charge is 2.10. The van der Waals surface area contributed by atoms with Gasteiger partial charge >= 0.3 is 0 Å². The fourth-order valence-corrected chi connectivity index (χ4v) is 3.11. The van der Waals surface area contributed by atoms with Gasteiger partial charge in [-0.05, 0) is 31.7 Å². The number of benzene rings is 1. The number of halogens is 2. The summed E-state index contributed by atoms with van der Waals surface area (Å²) in [5.74, 6) is 2.82. The van der Waals surface area contributed by atoms with Gasteiger partial charge < -0.3 is 9.84 Å². The number of rotatable bonds is 7. The Morgan fingerprint density at radius 2 is 2.14 bits per heavy atom. The SMILES string of the molecule is CNC(C)Cc1noc(CSCc2ccc(Cl)cc2Cl)n1. The Kier molecular flexibility index (Phi) is 6.36. The van der Waals surface area contributed by atoms with Gasteiger partial charge in [0.2, 0.25) is 5.89 Å². The van der Waals surface area contributed by atoms with Crippen molar-refractivity contribution < 1.29 is 4.52 Å². The molecule has 7 heteroatoms. The van der Waals surface area contributed by atoms with Gasteiger partial charge in [0.05, 0.1) is 5.75 Å². The van der Waals surface area contributed by atoms with Gasteiger partial charge in [0, 0.05) is 28.3 Å². The van der Waals surface area contributed by atoms with Crippen molar-refractivity contribution in [1.29, 1.82) is 0 Å². The maximum atomic E-state index is 6.13. The van der Waals surface area contributed by atoms with E-state index in [4.69, 9.17) is 27.7 Å². The molecule has 1 aromatic carbocycles. The maximum absolute atomic E-state index is 6.13. The van der Waals surface area contributed by atoms with E-state index < -0.39 is 0 Å². The molecule has 0 aliphatic carbocycles. The molecular formula is C14H17Cl2N3OS. The van der Waals surface area contributed by atoms with Crippen LogP contribution in [0.2, 0.25) is 10.0 Å². The zero-order valence-electron chi connectivity index (χ0n) is 11.9. The lowest BCUT2D eigenvalue weighted by Crippen LogP contribution is -2.24. The summed E-state index contributed by atoms with van der Waals surface area (Å²) >= 11 is 13.7. The monoisotopic (exact) mass is 345 g/mol. The Labute approximate surface area is 138 Å². The third-order valence-corrected chi connectivity index (χ3v) is 4.54. The lowest BCUT2D eigenvalue weighted by atomic mass is 10.2. The minimum atomic E-state index is 0.330. The fraction of sp³-hybridized carbons (Fsp3) is 0.429. The molecule has 0 aliphatic heterocycles. The van der Waals surface area contributed by atoms with Gasteiger partial charge in [-0.2, -0.15) is 4.98 Å². The predicted octanol–water partition coefficient (Wildman–Crippen LogP) is 3.96. The van der Waals surface area contributed by atoms with Crippen molar-refractivity contribution in [3.63, 3.8) is 0 Å². The number of likely N-dealkylation sites (N-methyl/N-ethyl adjacent to an activating group) is 1. The van der Waals surface area contributed by atoms with Crippen LogP contribution in [0.15, 0.2) is 22.7 Å². The second kappa shape index (κ2) is 8.03. The first-order valence-electron chi connectivity index (χ1n) is 6.59. The summed E-state index contributed by atoms with van der Waals surface area (Å²) in [6.45, 7) is 2.08. The van der Waals surface area contributed by atoms with Gasteiger partial charge in [-0.1, -0.05) is 34.4 Å². The normalized spacial score (nSPS) is 12.6. The number of thioether (sulfide) groups is 1. The Hall–Kier alpha value is -0.750. The van der Waals surface area contributed by atoms with Crippen LogP contribution in [0, 0.1) is 0 Å². The topological polar surface area (TPSA) is 51.0 Å². The molecule has 1 atom stereocenters. The van der Waals surface area contributed by atoms with E-state index in [0.29, 0.717) is 27.7 Å². The van der Waals surface area contributed by atoms with Crippen molar-refractivity contribution in [2.45, 2.75) is 30.9 Å². The number of nitrogens with one attached hydrogen (secondary N) is 1. The minimum absolute atomic E-state index is 0.330. The second-order valence-electron chi connectivity index (χ2n) is 4.73. The summed E-state index contributed by atoms with van der Waals surface area (Å²) < 4.78 is 5.23. The van der Waals surface area contributed by atoms with Gasteiger partial charge in [0.15, 0.2) is 5.82 Å². The van der Waals surface area contributed by atoms with Crippen LogP contribution in [0.3, 0.4) is 0 Å². The Balaban J connectivity index is 1.83. The number of hydrogen-bond donors (Lipinski definition) is 1. The molecule has 1 aromatic heterocycles. The van der Waals surface area contributed by atoms with E-state index in [1.54, 1.807) is 17.8 Å². The van der Waals surface area contributed by atoms with Gasteiger partial charge in [-0.3, -0.25) is 0 Å². The molecule has 0 aliphatic rings. The fourth-order valence-electron chi connectivity index (χ4n) is 1.69. The standard InChI is InChI=1S/C14H17Cl2N3OS/c1-9(17-2)5-13-18-14(20-19-13)8-21-7-10-3-4-11(15)6-12(10)16/h3-4,6,9,17H,5,7-8H2,1-2H3. The minimum Gasteiger partial charge on any atom is -0.338 e. The van der Waals surface area contributed by atoms with Crippen LogP contribution in [0.1, 0.15) is 24.2 Å². The Morgan fingerprint density at radius 1 is 1.33 bits per heavy atom. The van der Waals surface area contributed by atoms with Crippen molar-refractivity contribution in [2.75, 3.05) is 7.05 Å². The first-order valence-corrected chi connectivity index (χ1v) is 8.50. The van der Waals surface area contributed by atoms with Crippen molar-refractivity contribution in [3.05, 3.63) is 45.5 Å². The van der Waals surface area contributed by atoms with Crippen LogP contribution in [-0.4, -0.2) is 23.2 Å². The quantitative estimate of drug-likeness (QED) is 0.822. The van der Waals surface area contributed by atoms with Crippen LogP contribution in [0.25, 0.3) is 0 Å². The highest BCUT2D eigenvalue weighted by Crippen LogP contribution is 2.25. The third kappa shape index (κ3) is 5.18. The maximum Gasteiger partial charge on any atom is 0.236 e. The van der Waals surface area contributed by atoms with Gasteiger partial charge in [0.1, 0.15) is 0 Å². The van der Waals surface area contributed by atoms with E-state index >= 15 is 0 Å². The summed E-state index contributed by atoms with van der Waals surface area (Å²) in [5.41, 5.74) is 1.05. The van der Waals surface area contributed by atoms with Crippen LogP contribution < -0.4 is 5.32 Å². The number of hydrogen-bond acceptors (Lipinski definition) is 5. The zero-order chi connectivity index (χ0) is 15.2. The van der Waals surface area contributed by atoms with Gasteiger partial charge in [0.25, 0.3) is 0 Å². The zero-order valence-corrected chi connectivity index (χ0v) is 14.2. The summed E-state index contributed by atoms with van der Waals surface area (Å²) in [6, 6.07) is 5.86. The van der Waals surface area contributed by atoms with E-state index in [0.717, 1.165) is 23.6 Å². The van der Waals surface area contributed by atoms with Crippen molar-refractivity contribution >= 4 is 35.0 Å². The van der Waals surface area contributed by atoms with Crippen LogP contribution in [0.5, 0.6) is 0 Å². The number of aromatic nitrogens is 2. The molecule has 0 fully saturated rings. The third-order valence-electron chi connectivity index (χ3n) is 2.99. The summed E-state index contributed by atoms with van der Waals surface area (Å²) in [4.78, 5) is 4.37. The molecule has 4 nitrogen and oxygen atoms in total. The predicted molar refractivity (Wildman–Crippen MR) is 88.0 cm³/mol. The first-order chi connectivity index (χ1) is 10.1. The van der Waals surface area contributed by atoms with Gasteiger partial charge in [-0.25, -0.2) is 0 Å². The molecule has 21 heavy (non-hydrogen) atoms. The average molecular weight is 346 g/mol. The molecule has 0 bridgehead atoms. The molecular weight excluding hydrogens is 329 g/mol. The molecule has 0 saturated carbocycles. The van der Waals surface area contributed by atoms with Crippen LogP contribution in [0.4, 0.5) is 0 Å². The summed E-state index contributed by atoms with van der Waals surface area (Å²) in [6.07, 6.45) is 0.758. The van der Waals surface area contributed by atoms with E-state index in [9.17, 15) is 0 Å². The summed E-state index contributed by atoms with van der Waals surface area (Å²) in [5, 5.41) is 8.45. The number of nitrogens with zero attached hydrogens (tertiary/aromatic N) is 2. The highest BCUT2D eigenvalue weighted by molar-refractivity contribution is 7.97. The van der Waals surface area contributed by atoms with E-state index in [2.05, 4.69) is 22.4 Å². The Morgan fingerprint density at radius 3 is 2.86 bits per heavy atom. The molecule has 0 radical (unpaired) electrons. The lowest BCUT2D eigenvalue weighted by Gasteiger charge is -2.04. The molecule has 0 amide bonds.